The van der Waals surface area contributed by atoms with Crippen LogP contribution in [0, 0.1) is 11.7 Å². The second-order valence-electron chi connectivity index (χ2n) is 9.64. The summed E-state index contributed by atoms with van der Waals surface area (Å²) in [7, 11) is 0. The molecule has 4 aromatic rings. The molecule has 1 aliphatic carbocycles. The van der Waals surface area contributed by atoms with E-state index < -0.39 is 0 Å². The molecular formula is C33H32FN5. The molecule has 0 unspecified atom stereocenters. The Morgan fingerprint density at radius 1 is 1.10 bits per heavy atom. The number of aromatic amines is 2. The molecule has 0 aliphatic heterocycles. The fourth-order valence-electron chi connectivity index (χ4n) is 4.61. The van der Waals surface area contributed by atoms with E-state index in [1.807, 2.05) is 50.3 Å². The SMILES string of the molecule is C=C/C(=C\C(=C/C)C(=C)/C=c1/c(-c2cc3c(-c4ccc(F)cc4)nccc3[nH]2)n[nH]/c1=C/C)NC(=C)C1CC1. The van der Waals surface area contributed by atoms with Crippen molar-refractivity contribution < 1.29 is 4.39 Å². The first-order chi connectivity index (χ1) is 18.9. The van der Waals surface area contributed by atoms with Gasteiger partial charge < -0.3 is 10.3 Å². The van der Waals surface area contributed by atoms with Crippen molar-refractivity contribution in [3.05, 3.63) is 119 Å². The number of pyridine rings is 1. The summed E-state index contributed by atoms with van der Waals surface area (Å²) in [4.78, 5) is 8.07. The maximum absolute atomic E-state index is 13.5. The molecule has 5 nitrogen and oxygen atoms in total. The number of halogens is 1. The van der Waals surface area contributed by atoms with Gasteiger partial charge in [0.15, 0.2) is 0 Å². The number of fused-ring (bicyclic) bond motifs is 1. The standard InChI is InChI=1S/C33H32FN5/c1-6-22(18-26(7-2)36-21(5)23-9-10-23)20(4)17-27-29(8-3)38-39-33(27)31-19-28-30(37-31)15-16-35-32(28)24-11-13-25(34)14-12-24/h6-8,11-19,23,36-38H,2,4-5,9-10H2,1,3H3/b22-6+,26-18+,27-17+,29-8+. The summed E-state index contributed by atoms with van der Waals surface area (Å²) in [6, 6.07) is 10.3. The molecule has 3 heterocycles. The molecular weight excluding hydrogens is 485 g/mol. The maximum atomic E-state index is 13.5. The van der Waals surface area contributed by atoms with Gasteiger partial charge in [-0.25, -0.2) is 4.39 Å². The molecule has 0 amide bonds. The topological polar surface area (TPSA) is 69.4 Å². The zero-order valence-corrected chi connectivity index (χ0v) is 22.3. The molecule has 0 saturated heterocycles. The fourth-order valence-corrected chi connectivity index (χ4v) is 4.61. The molecule has 0 spiro atoms. The third kappa shape index (κ3) is 5.46. The normalized spacial score (nSPS) is 15.2. The molecule has 1 saturated carbocycles. The second-order valence-corrected chi connectivity index (χ2v) is 9.64. The van der Waals surface area contributed by atoms with Crippen LogP contribution in [0.1, 0.15) is 26.7 Å². The summed E-state index contributed by atoms with van der Waals surface area (Å²) < 4.78 is 13.5. The quantitative estimate of drug-likeness (QED) is 0.224. The highest BCUT2D eigenvalue weighted by Crippen LogP contribution is 2.34. The van der Waals surface area contributed by atoms with Gasteiger partial charge in [-0.1, -0.05) is 31.9 Å². The first kappa shape index (κ1) is 25.9. The third-order valence-electron chi connectivity index (χ3n) is 6.95. The van der Waals surface area contributed by atoms with Crippen LogP contribution in [-0.4, -0.2) is 20.2 Å². The van der Waals surface area contributed by atoms with Gasteiger partial charge in [0, 0.05) is 39.3 Å². The average molecular weight is 518 g/mol. The molecule has 1 aliphatic rings. The minimum atomic E-state index is -0.278. The van der Waals surface area contributed by atoms with Gasteiger partial charge in [-0.2, -0.15) is 5.10 Å². The first-order valence-corrected chi connectivity index (χ1v) is 13.0. The van der Waals surface area contributed by atoms with E-state index in [0.29, 0.717) is 5.92 Å². The Kier molecular flexibility index (Phi) is 7.28. The van der Waals surface area contributed by atoms with Crippen LogP contribution in [0.15, 0.2) is 103 Å². The van der Waals surface area contributed by atoms with E-state index in [9.17, 15) is 4.39 Å². The predicted octanol–water partition coefficient (Wildman–Crippen LogP) is 6.43. The van der Waals surface area contributed by atoms with Crippen molar-refractivity contribution in [2.45, 2.75) is 26.7 Å². The Balaban J connectivity index is 1.54. The summed E-state index contributed by atoms with van der Waals surface area (Å²) in [6.07, 6.45) is 14.0. The number of rotatable bonds is 9. The molecule has 0 atom stereocenters. The van der Waals surface area contributed by atoms with E-state index in [1.165, 1.54) is 25.0 Å². The molecule has 3 aromatic heterocycles. The van der Waals surface area contributed by atoms with Gasteiger partial charge in [-0.15, -0.1) is 0 Å². The summed E-state index contributed by atoms with van der Waals surface area (Å²) >= 11 is 0. The van der Waals surface area contributed by atoms with E-state index in [0.717, 1.165) is 66.7 Å². The summed E-state index contributed by atoms with van der Waals surface area (Å²) in [5.74, 6) is 0.267. The van der Waals surface area contributed by atoms with Crippen molar-refractivity contribution in [3.8, 4) is 22.6 Å². The third-order valence-corrected chi connectivity index (χ3v) is 6.95. The van der Waals surface area contributed by atoms with Gasteiger partial charge >= 0.3 is 0 Å². The molecule has 5 rings (SSSR count). The van der Waals surface area contributed by atoms with Gasteiger partial charge in [0.1, 0.15) is 11.5 Å². The van der Waals surface area contributed by atoms with Gasteiger partial charge in [0.05, 0.1) is 16.7 Å². The highest BCUT2D eigenvalue weighted by Gasteiger charge is 2.24. The molecule has 1 fully saturated rings. The number of allylic oxidation sites excluding steroid dienone is 6. The number of benzene rings is 1. The Morgan fingerprint density at radius 3 is 2.54 bits per heavy atom. The zero-order valence-electron chi connectivity index (χ0n) is 22.3. The fraction of sp³-hybridized carbons (Fsp3) is 0.152. The van der Waals surface area contributed by atoms with Crippen molar-refractivity contribution in [1.29, 1.82) is 0 Å². The van der Waals surface area contributed by atoms with Crippen LogP contribution in [0.2, 0.25) is 0 Å². The first-order valence-electron chi connectivity index (χ1n) is 13.0. The lowest BCUT2D eigenvalue weighted by atomic mass is 10.0. The van der Waals surface area contributed by atoms with Crippen LogP contribution in [0.25, 0.3) is 45.7 Å². The number of aromatic nitrogens is 4. The molecule has 0 bridgehead atoms. The molecule has 196 valence electrons. The minimum absolute atomic E-state index is 0.278. The number of H-pyrrole nitrogens is 2. The maximum Gasteiger partial charge on any atom is 0.123 e. The minimum Gasteiger partial charge on any atom is -0.359 e. The molecule has 0 radical (unpaired) electrons. The lowest BCUT2D eigenvalue weighted by Gasteiger charge is -2.11. The lowest BCUT2D eigenvalue weighted by molar-refractivity contribution is 0.628. The Bertz CT molecular complexity index is 1760. The molecule has 3 N–H and O–H groups in total. The summed E-state index contributed by atoms with van der Waals surface area (Å²) in [6.45, 7) is 16.5. The van der Waals surface area contributed by atoms with E-state index in [4.69, 9.17) is 0 Å². The van der Waals surface area contributed by atoms with Crippen LogP contribution < -0.4 is 15.9 Å². The molecule has 1 aromatic carbocycles. The van der Waals surface area contributed by atoms with Gasteiger partial charge in [0.25, 0.3) is 0 Å². The Morgan fingerprint density at radius 2 is 1.87 bits per heavy atom. The largest absolute Gasteiger partial charge is 0.359 e. The van der Waals surface area contributed by atoms with Crippen molar-refractivity contribution in [1.82, 2.24) is 25.5 Å². The van der Waals surface area contributed by atoms with E-state index in [2.05, 4.69) is 45.2 Å². The smallest absolute Gasteiger partial charge is 0.123 e. The lowest BCUT2D eigenvalue weighted by Crippen LogP contribution is -2.23. The highest BCUT2D eigenvalue weighted by molar-refractivity contribution is 5.96. The highest BCUT2D eigenvalue weighted by atomic mass is 19.1. The summed E-state index contributed by atoms with van der Waals surface area (Å²) in [5, 5.41) is 13.9. The van der Waals surface area contributed by atoms with Crippen LogP contribution >= 0.6 is 0 Å². The van der Waals surface area contributed by atoms with Crippen molar-refractivity contribution in [3.63, 3.8) is 0 Å². The number of nitrogens with one attached hydrogen (secondary N) is 3. The van der Waals surface area contributed by atoms with Crippen molar-refractivity contribution >= 4 is 23.1 Å². The predicted molar refractivity (Wildman–Crippen MR) is 159 cm³/mol. The monoisotopic (exact) mass is 517 g/mol. The van der Waals surface area contributed by atoms with Gasteiger partial charge in [-0.05, 0) is 98.4 Å². The van der Waals surface area contributed by atoms with Crippen LogP contribution in [0.3, 0.4) is 0 Å². The van der Waals surface area contributed by atoms with Crippen LogP contribution in [-0.2, 0) is 0 Å². The van der Waals surface area contributed by atoms with Gasteiger partial charge in [0.2, 0.25) is 0 Å². The Hall–Kier alpha value is -4.71. The number of hydrogen-bond donors (Lipinski definition) is 3. The van der Waals surface area contributed by atoms with E-state index in [-0.39, 0.29) is 5.82 Å². The van der Waals surface area contributed by atoms with Crippen molar-refractivity contribution in [2.75, 3.05) is 0 Å². The van der Waals surface area contributed by atoms with Crippen molar-refractivity contribution in [2.24, 2.45) is 5.92 Å². The second kappa shape index (κ2) is 11.0. The van der Waals surface area contributed by atoms with E-state index >= 15 is 0 Å². The average Bonchev–Trinajstić information content (AvgIpc) is 3.59. The molecule has 39 heavy (non-hydrogen) atoms. The van der Waals surface area contributed by atoms with E-state index in [1.54, 1.807) is 24.4 Å². The zero-order chi connectivity index (χ0) is 27.5. The summed E-state index contributed by atoms with van der Waals surface area (Å²) in [5.41, 5.74) is 7.88. The molecule has 6 heteroatoms. The number of nitrogens with zero attached hydrogens (tertiary/aromatic N) is 2. The van der Waals surface area contributed by atoms with Gasteiger partial charge in [-0.3, -0.25) is 10.1 Å². The van der Waals surface area contributed by atoms with Crippen LogP contribution in [0.5, 0.6) is 0 Å². The van der Waals surface area contributed by atoms with Crippen LogP contribution in [0.4, 0.5) is 4.39 Å². The number of hydrogen-bond acceptors (Lipinski definition) is 3. The Labute approximate surface area is 227 Å².